The molecule has 1 saturated heterocycles. The van der Waals surface area contributed by atoms with Crippen molar-refractivity contribution in [2.45, 2.75) is 6.42 Å². The van der Waals surface area contributed by atoms with Gasteiger partial charge in [0.25, 0.3) is 5.91 Å². The molecule has 2 aromatic carbocycles. The molecule has 2 N–H and O–H groups in total. The van der Waals surface area contributed by atoms with Crippen LogP contribution in [0.4, 0.5) is 10.1 Å². The molecule has 3 aromatic rings. The Kier molecular flexibility index (Phi) is 4.55. The van der Waals surface area contributed by atoms with E-state index in [0.29, 0.717) is 23.2 Å². The Balaban J connectivity index is 1.35. The van der Waals surface area contributed by atoms with Crippen LogP contribution in [0.1, 0.15) is 16.9 Å². The Labute approximate surface area is 156 Å². The first-order chi connectivity index (χ1) is 12.6. The monoisotopic (exact) mass is 371 g/mol. The highest BCUT2D eigenvalue weighted by molar-refractivity contribution is 6.31. The number of H-pyrrole nitrogens is 1. The first kappa shape index (κ1) is 16.9. The van der Waals surface area contributed by atoms with Crippen LogP contribution in [0, 0.1) is 11.7 Å². The summed E-state index contributed by atoms with van der Waals surface area (Å²) in [6.07, 6.45) is 1.000. The van der Waals surface area contributed by atoms with E-state index in [-0.39, 0.29) is 11.7 Å². The third-order valence-electron chi connectivity index (χ3n) is 4.86. The van der Waals surface area contributed by atoms with E-state index < -0.39 is 0 Å². The lowest BCUT2D eigenvalue weighted by Gasteiger charge is -2.18. The molecule has 1 atom stereocenters. The Morgan fingerprint density at radius 1 is 1.23 bits per heavy atom. The number of aromatic amines is 1. The van der Waals surface area contributed by atoms with Gasteiger partial charge in [-0.25, -0.2) is 4.39 Å². The van der Waals surface area contributed by atoms with Crippen molar-refractivity contribution in [1.82, 2.24) is 10.3 Å². The van der Waals surface area contributed by atoms with Gasteiger partial charge in [0.15, 0.2) is 0 Å². The minimum absolute atomic E-state index is 0.113. The summed E-state index contributed by atoms with van der Waals surface area (Å²) in [4.78, 5) is 17.8. The number of halogens is 2. The number of hydrogen-bond donors (Lipinski definition) is 2. The second-order valence-corrected chi connectivity index (χ2v) is 7.14. The molecule has 0 spiro atoms. The van der Waals surface area contributed by atoms with Crippen molar-refractivity contribution in [2.75, 3.05) is 24.5 Å². The van der Waals surface area contributed by atoms with E-state index in [0.717, 1.165) is 36.1 Å². The summed E-state index contributed by atoms with van der Waals surface area (Å²) in [6.45, 7) is 2.39. The summed E-state index contributed by atoms with van der Waals surface area (Å²) in [5.41, 5.74) is 2.45. The highest BCUT2D eigenvalue weighted by Gasteiger charge is 2.23. The summed E-state index contributed by atoms with van der Waals surface area (Å²) in [7, 11) is 0. The van der Waals surface area contributed by atoms with Crippen LogP contribution in [0.15, 0.2) is 48.5 Å². The number of aromatic nitrogens is 1. The fourth-order valence-corrected chi connectivity index (χ4v) is 3.62. The number of carbonyl (C=O) groups excluding carboxylic acids is 1. The fraction of sp³-hybridized carbons (Fsp3) is 0.250. The molecule has 1 aromatic heterocycles. The predicted molar refractivity (Wildman–Crippen MR) is 102 cm³/mol. The van der Waals surface area contributed by atoms with Crippen molar-refractivity contribution in [3.8, 4) is 0 Å². The maximum absolute atomic E-state index is 13.0. The zero-order chi connectivity index (χ0) is 18.1. The molecule has 0 radical (unpaired) electrons. The minimum atomic E-state index is -0.226. The number of nitrogens with one attached hydrogen (secondary N) is 2. The molecular weight excluding hydrogens is 353 g/mol. The molecule has 1 aliphatic heterocycles. The first-order valence-corrected chi connectivity index (χ1v) is 9.03. The summed E-state index contributed by atoms with van der Waals surface area (Å²) in [5.74, 6) is 0.0387. The molecule has 1 unspecified atom stereocenters. The average molecular weight is 372 g/mol. The molecule has 4 nitrogen and oxygen atoms in total. The number of rotatable bonds is 4. The van der Waals surface area contributed by atoms with Gasteiger partial charge in [0.05, 0.1) is 0 Å². The summed E-state index contributed by atoms with van der Waals surface area (Å²) in [5, 5.41) is 4.58. The number of anilines is 1. The number of carbonyl (C=O) groups is 1. The molecule has 26 heavy (non-hydrogen) atoms. The fourth-order valence-electron chi connectivity index (χ4n) is 3.44. The van der Waals surface area contributed by atoms with Crippen LogP contribution >= 0.6 is 11.6 Å². The Morgan fingerprint density at radius 2 is 2.04 bits per heavy atom. The third-order valence-corrected chi connectivity index (χ3v) is 5.09. The number of fused-ring (bicyclic) bond motifs is 1. The van der Waals surface area contributed by atoms with Crippen molar-refractivity contribution in [2.24, 2.45) is 5.92 Å². The molecule has 1 amide bonds. The van der Waals surface area contributed by atoms with Gasteiger partial charge in [-0.3, -0.25) is 4.79 Å². The minimum Gasteiger partial charge on any atom is -0.371 e. The summed E-state index contributed by atoms with van der Waals surface area (Å²) < 4.78 is 13.0. The average Bonchev–Trinajstić information content (AvgIpc) is 3.27. The molecule has 2 heterocycles. The molecule has 0 aliphatic carbocycles. The Bertz CT molecular complexity index is 938. The predicted octanol–water partition coefficient (Wildman–Crippen LogP) is 4.22. The van der Waals surface area contributed by atoms with Crippen LogP contribution in [0.25, 0.3) is 10.9 Å². The molecule has 1 aliphatic rings. The highest BCUT2D eigenvalue weighted by atomic mass is 35.5. The van der Waals surface area contributed by atoms with Crippen LogP contribution in [0.2, 0.25) is 5.02 Å². The van der Waals surface area contributed by atoms with Gasteiger partial charge in [0, 0.05) is 41.2 Å². The lowest BCUT2D eigenvalue weighted by molar-refractivity contribution is 0.0944. The first-order valence-electron chi connectivity index (χ1n) is 8.65. The van der Waals surface area contributed by atoms with Crippen LogP contribution < -0.4 is 10.2 Å². The zero-order valence-corrected chi connectivity index (χ0v) is 14.9. The number of hydrogen-bond acceptors (Lipinski definition) is 2. The molecule has 134 valence electrons. The van der Waals surface area contributed by atoms with Crippen LogP contribution in [0.3, 0.4) is 0 Å². The standard InChI is InChI=1S/C20H19ClFN3O/c21-15-1-6-18-14(9-15)10-19(24-18)20(26)23-11-13-7-8-25(12-13)17-4-2-16(22)3-5-17/h1-6,9-10,13,24H,7-8,11-12H2,(H,23,26). The smallest absolute Gasteiger partial charge is 0.267 e. The van der Waals surface area contributed by atoms with Gasteiger partial charge in [-0.2, -0.15) is 0 Å². The van der Waals surface area contributed by atoms with E-state index in [1.54, 1.807) is 18.2 Å². The van der Waals surface area contributed by atoms with E-state index >= 15 is 0 Å². The normalized spacial score (nSPS) is 17.0. The lowest BCUT2D eigenvalue weighted by Crippen LogP contribution is -2.31. The van der Waals surface area contributed by atoms with Crippen molar-refractivity contribution in [3.63, 3.8) is 0 Å². The molecular formula is C20H19ClFN3O. The highest BCUT2D eigenvalue weighted by Crippen LogP contribution is 2.24. The maximum atomic E-state index is 13.0. The van der Waals surface area contributed by atoms with Crippen molar-refractivity contribution in [3.05, 3.63) is 65.1 Å². The van der Waals surface area contributed by atoms with E-state index in [2.05, 4.69) is 15.2 Å². The van der Waals surface area contributed by atoms with Gasteiger partial charge in [-0.05, 0) is 60.9 Å². The van der Waals surface area contributed by atoms with Gasteiger partial charge in [0.1, 0.15) is 11.5 Å². The quantitative estimate of drug-likeness (QED) is 0.721. The van der Waals surface area contributed by atoms with Crippen LogP contribution in [-0.2, 0) is 0 Å². The van der Waals surface area contributed by atoms with Gasteiger partial charge in [0.2, 0.25) is 0 Å². The summed E-state index contributed by atoms with van der Waals surface area (Å²) in [6, 6.07) is 13.9. The third kappa shape index (κ3) is 3.53. The van der Waals surface area contributed by atoms with E-state index in [9.17, 15) is 9.18 Å². The van der Waals surface area contributed by atoms with Crippen LogP contribution in [-0.4, -0.2) is 30.5 Å². The second-order valence-electron chi connectivity index (χ2n) is 6.70. The maximum Gasteiger partial charge on any atom is 0.267 e. The van der Waals surface area contributed by atoms with Gasteiger partial charge in [-0.1, -0.05) is 11.6 Å². The second kappa shape index (κ2) is 7.00. The summed E-state index contributed by atoms with van der Waals surface area (Å²) >= 11 is 5.99. The van der Waals surface area contributed by atoms with Crippen molar-refractivity contribution < 1.29 is 9.18 Å². The molecule has 1 fully saturated rings. The van der Waals surface area contributed by atoms with Crippen molar-refractivity contribution in [1.29, 1.82) is 0 Å². The lowest BCUT2D eigenvalue weighted by atomic mass is 10.1. The van der Waals surface area contributed by atoms with Crippen LogP contribution in [0.5, 0.6) is 0 Å². The molecule has 4 rings (SSSR count). The Hall–Kier alpha value is -2.53. The topological polar surface area (TPSA) is 48.1 Å². The number of amides is 1. The molecule has 0 bridgehead atoms. The van der Waals surface area contributed by atoms with Gasteiger partial charge in [-0.15, -0.1) is 0 Å². The van der Waals surface area contributed by atoms with Gasteiger partial charge < -0.3 is 15.2 Å². The van der Waals surface area contributed by atoms with E-state index in [1.807, 2.05) is 18.2 Å². The zero-order valence-electron chi connectivity index (χ0n) is 14.1. The van der Waals surface area contributed by atoms with E-state index in [1.165, 1.54) is 12.1 Å². The van der Waals surface area contributed by atoms with Crippen molar-refractivity contribution >= 4 is 34.1 Å². The number of benzene rings is 2. The SMILES string of the molecule is O=C(NCC1CCN(c2ccc(F)cc2)C1)c1cc2cc(Cl)ccc2[nH]1. The largest absolute Gasteiger partial charge is 0.371 e. The molecule has 0 saturated carbocycles. The van der Waals surface area contributed by atoms with Gasteiger partial charge >= 0.3 is 0 Å². The van der Waals surface area contributed by atoms with E-state index in [4.69, 9.17) is 11.6 Å². The molecule has 6 heteroatoms. The Morgan fingerprint density at radius 3 is 2.85 bits per heavy atom. The number of nitrogens with zero attached hydrogens (tertiary/aromatic N) is 1.